The van der Waals surface area contributed by atoms with Gasteiger partial charge in [0.05, 0.1) is 10.7 Å². The Labute approximate surface area is 140 Å². The molecular weight excluding hydrogens is 343 g/mol. The Kier molecular flexibility index (Phi) is 4.20. The summed E-state index contributed by atoms with van der Waals surface area (Å²) in [5.41, 5.74) is 1.49. The number of carbonyl (C=O) groups excluding carboxylic acids is 1. The molecule has 0 spiro atoms. The average molecular weight is 353 g/mol. The lowest BCUT2D eigenvalue weighted by Crippen LogP contribution is -2.10. The van der Waals surface area contributed by atoms with Gasteiger partial charge in [-0.2, -0.15) is 0 Å². The van der Waals surface area contributed by atoms with Crippen molar-refractivity contribution >= 4 is 45.6 Å². The Hall–Kier alpha value is -1.82. The Bertz CT molecular complexity index is 842. The van der Waals surface area contributed by atoms with Crippen LogP contribution in [0.5, 0.6) is 0 Å². The quantitative estimate of drug-likeness (QED) is 0.698. The second-order valence-corrected chi connectivity index (χ2v) is 6.24. The van der Waals surface area contributed by atoms with Crippen LogP contribution in [0.3, 0.4) is 0 Å². The van der Waals surface area contributed by atoms with Gasteiger partial charge in [0, 0.05) is 16.0 Å². The van der Waals surface area contributed by atoms with Crippen LogP contribution in [0, 0.1) is 6.92 Å². The van der Waals surface area contributed by atoms with E-state index in [0.29, 0.717) is 26.5 Å². The lowest BCUT2D eigenvalue weighted by Gasteiger charge is -2.02. The number of furan rings is 1. The van der Waals surface area contributed by atoms with Crippen LogP contribution in [0.1, 0.15) is 16.2 Å². The van der Waals surface area contributed by atoms with E-state index >= 15 is 0 Å². The summed E-state index contributed by atoms with van der Waals surface area (Å²) in [6.07, 6.45) is 0. The molecule has 0 radical (unpaired) electrons. The van der Waals surface area contributed by atoms with Crippen molar-refractivity contribution in [3.8, 4) is 11.3 Å². The summed E-state index contributed by atoms with van der Waals surface area (Å²) in [5, 5.41) is 6.11. The number of aromatic nitrogens is 1. The fraction of sp³-hybridized carbons (Fsp3) is 0.0667. The van der Waals surface area contributed by atoms with Crippen LogP contribution < -0.4 is 5.32 Å². The first-order valence-corrected chi connectivity index (χ1v) is 7.95. The van der Waals surface area contributed by atoms with E-state index in [2.05, 4.69) is 10.3 Å². The third-order valence-electron chi connectivity index (χ3n) is 2.86. The fourth-order valence-electron chi connectivity index (χ4n) is 1.86. The van der Waals surface area contributed by atoms with Gasteiger partial charge in [-0.05, 0) is 37.3 Å². The number of hydrogen-bond acceptors (Lipinski definition) is 4. The number of amides is 1. The van der Waals surface area contributed by atoms with Crippen LogP contribution in [-0.2, 0) is 0 Å². The van der Waals surface area contributed by atoms with Gasteiger partial charge < -0.3 is 4.42 Å². The highest BCUT2D eigenvalue weighted by Gasteiger charge is 2.15. The number of carbonyl (C=O) groups is 1. The molecule has 3 aromatic rings. The molecule has 0 saturated carbocycles. The highest BCUT2D eigenvalue weighted by atomic mass is 35.5. The van der Waals surface area contributed by atoms with E-state index in [9.17, 15) is 4.79 Å². The zero-order valence-corrected chi connectivity index (χ0v) is 13.7. The minimum atomic E-state index is -0.362. The summed E-state index contributed by atoms with van der Waals surface area (Å²) >= 11 is 13.4. The monoisotopic (exact) mass is 352 g/mol. The van der Waals surface area contributed by atoms with E-state index in [0.717, 1.165) is 5.69 Å². The summed E-state index contributed by atoms with van der Waals surface area (Å²) in [6, 6.07) is 8.32. The highest BCUT2D eigenvalue weighted by molar-refractivity contribution is 7.13. The van der Waals surface area contributed by atoms with E-state index < -0.39 is 0 Å². The zero-order chi connectivity index (χ0) is 15.7. The third-order valence-corrected chi connectivity index (χ3v) is 4.30. The maximum absolute atomic E-state index is 12.1. The molecule has 7 heteroatoms. The van der Waals surface area contributed by atoms with E-state index in [-0.39, 0.29) is 11.7 Å². The van der Waals surface area contributed by atoms with Gasteiger partial charge in [-0.15, -0.1) is 11.3 Å². The summed E-state index contributed by atoms with van der Waals surface area (Å²) in [6.45, 7) is 1.86. The zero-order valence-electron chi connectivity index (χ0n) is 11.4. The predicted molar refractivity (Wildman–Crippen MR) is 89.0 cm³/mol. The lowest BCUT2D eigenvalue weighted by molar-refractivity contribution is 0.0997. The molecule has 1 amide bonds. The average Bonchev–Trinajstić information content (AvgIpc) is 3.11. The van der Waals surface area contributed by atoms with Gasteiger partial charge in [-0.1, -0.05) is 23.2 Å². The largest absolute Gasteiger partial charge is 0.451 e. The topological polar surface area (TPSA) is 55.1 Å². The maximum atomic E-state index is 12.1. The molecule has 4 nitrogen and oxygen atoms in total. The molecule has 0 fully saturated rings. The first-order valence-electron chi connectivity index (χ1n) is 6.31. The molecule has 3 rings (SSSR count). The molecule has 2 aromatic heterocycles. The first kappa shape index (κ1) is 15.1. The molecule has 0 unspecified atom stereocenters. The van der Waals surface area contributed by atoms with E-state index in [1.807, 2.05) is 12.3 Å². The normalized spacial score (nSPS) is 10.7. The number of aryl methyl sites for hydroxylation is 1. The molecule has 0 aliphatic carbocycles. The Morgan fingerprint density at radius 1 is 1.27 bits per heavy atom. The van der Waals surface area contributed by atoms with Gasteiger partial charge in [0.25, 0.3) is 5.91 Å². The molecule has 22 heavy (non-hydrogen) atoms. The van der Waals surface area contributed by atoms with Crippen LogP contribution in [0.4, 0.5) is 5.13 Å². The van der Waals surface area contributed by atoms with Crippen LogP contribution in [-0.4, -0.2) is 10.9 Å². The standard InChI is InChI=1S/C15H10Cl2N2O2S/c1-8-7-22-15(18-8)19-14(20)13-5-4-12(21-13)10-6-9(16)2-3-11(10)17/h2-7H,1H3,(H,18,19,20). The van der Waals surface area contributed by atoms with Gasteiger partial charge in [-0.3, -0.25) is 10.1 Å². The molecule has 1 aromatic carbocycles. The number of benzene rings is 1. The number of halogens is 2. The van der Waals surface area contributed by atoms with Crippen molar-refractivity contribution in [3.63, 3.8) is 0 Å². The van der Waals surface area contributed by atoms with Crippen LogP contribution in [0.15, 0.2) is 40.1 Å². The first-order chi connectivity index (χ1) is 10.5. The van der Waals surface area contributed by atoms with E-state index in [1.165, 1.54) is 11.3 Å². The number of hydrogen-bond donors (Lipinski definition) is 1. The Morgan fingerprint density at radius 3 is 2.82 bits per heavy atom. The van der Waals surface area contributed by atoms with Crippen molar-refractivity contribution in [1.29, 1.82) is 0 Å². The van der Waals surface area contributed by atoms with Crippen molar-refractivity contribution in [2.75, 3.05) is 5.32 Å². The minimum Gasteiger partial charge on any atom is -0.451 e. The maximum Gasteiger partial charge on any atom is 0.293 e. The third kappa shape index (κ3) is 3.16. The number of anilines is 1. The van der Waals surface area contributed by atoms with Crippen molar-refractivity contribution in [3.05, 3.63) is 57.2 Å². The SMILES string of the molecule is Cc1csc(NC(=O)c2ccc(-c3cc(Cl)ccc3Cl)o2)n1. The smallest absolute Gasteiger partial charge is 0.293 e. The lowest BCUT2D eigenvalue weighted by atomic mass is 10.2. The Balaban J connectivity index is 1.84. The second-order valence-electron chi connectivity index (χ2n) is 4.54. The molecule has 0 bridgehead atoms. The molecule has 112 valence electrons. The molecular formula is C15H10Cl2N2O2S. The second kappa shape index (κ2) is 6.12. The molecule has 2 heterocycles. The van der Waals surface area contributed by atoms with Gasteiger partial charge >= 0.3 is 0 Å². The molecule has 0 aliphatic rings. The van der Waals surface area contributed by atoms with Gasteiger partial charge in [0.15, 0.2) is 10.9 Å². The molecule has 0 atom stereocenters. The number of nitrogens with zero attached hydrogens (tertiary/aromatic N) is 1. The van der Waals surface area contributed by atoms with Crippen LogP contribution in [0.25, 0.3) is 11.3 Å². The van der Waals surface area contributed by atoms with E-state index in [1.54, 1.807) is 30.3 Å². The van der Waals surface area contributed by atoms with E-state index in [4.69, 9.17) is 27.6 Å². The van der Waals surface area contributed by atoms with Crippen molar-refractivity contribution < 1.29 is 9.21 Å². The van der Waals surface area contributed by atoms with Crippen molar-refractivity contribution in [2.45, 2.75) is 6.92 Å². The molecule has 0 aliphatic heterocycles. The van der Waals surface area contributed by atoms with Gasteiger partial charge in [0.1, 0.15) is 5.76 Å². The van der Waals surface area contributed by atoms with Crippen LogP contribution >= 0.6 is 34.5 Å². The highest BCUT2D eigenvalue weighted by Crippen LogP contribution is 2.32. The molecule has 1 N–H and O–H groups in total. The number of thiazole rings is 1. The summed E-state index contributed by atoms with van der Waals surface area (Å²) in [4.78, 5) is 16.3. The summed E-state index contributed by atoms with van der Waals surface area (Å²) < 4.78 is 5.57. The number of rotatable bonds is 3. The predicted octanol–water partition coefficient (Wildman–Crippen LogP) is 5.27. The fourth-order valence-corrected chi connectivity index (χ4v) is 2.93. The van der Waals surface area contributed by atoms with Gasteiger partial charge in [0.2, 0.25) is 0 Å². The minimum absolute atomic E-state index is 0.180. The summed E-state index contributed by atoms with van der Waals surface area (Å²) in [7, 11) is 0. The Morgan fingerprint density at radius 2 is 2.09 bits per heavy atom. The van der Waals surface area contributed by atoms with Gasteiger partial charge in [-0.25, -0.2) is 4.98 Å². The summed E-state index contributed by atoms with van der Waals surface area (Å²) in [5.74, 6) is 0.297. The number of nitrogens with one attached hydrogen (secondary N) is 1. The van der Waals surface area contributed by atoms with Crippen molar-refractivity contribution in [2.24, 2.45) is 0 Å². The van der Waals surface area contributed by atoms with Crippen LogP contribution in [0.2, 0.25) is 10.0 Å². The van der Waals surface area contributed by atoms with Crippen molar-refractivity contribution in [1.82, 2.24) is 4.98 Å². The molecule has 0 saturated heterocycles.